The molecule has 1 aromatic carbocycles. The highest BCUT2D eigenvalue weighted by Gasteiger charge is 2.31. The Kier molecular flexibility index (Phi) is 3.49. The summed E-state index contributed by atoms with van der Waals surface area (Å²) in [5, 5.41) is 2.76. The number of hydrogen-bond donors (Lipinski definition) is 1. The first kappa shape index (κ1) is 11.7. The topological polar surface area (TPSA) is 50.8 Å². The Labute approximate surface area is 100 Å². The number of nitrogens with zero attached hydrogens (tertiary/aromatic N) is 1. The predicted octanol–water partition coefficient (Wildman–Crippen LogP) is 1.59. The van der Waals surface area contributed by atoms with Crippen molar-refractivity contribution in [2.45, 2.75) is 13.2 Å². The smallest absolute Gasteiger partial charge is 0.324 e. The van der Waals surface area contributed by atoms with Crippen LogP contribution in [0, 0.1) is 0 Å². The van der Waals surface area contributed by atoms with Gasteiger partial charge in [0, 0.05) is 6.61 Å². The van der Waals surface area contributed by atoms with E-state index < -0.39 is 0 Å². The molecule has 2 rings (SSSR count). The summed E-state index contributed by atoms with van der Waals surface area (Å²) in [7, 11) is 1.59. The Hall–Kier alpha value is -1.75. The highest BCUT2D eigenvalue weighted by atomic mass is 16.5. The van der Waals surface area contributed by atoms with Crippen molar-refractivity contribution in [3.63, 3.8) is 0 Å². The maximum atomic E-state index is 11.8. The van der Waals surface area contributed by atoms with Gasteiger partial charge in [-0.25, -0.2) is 4.79 Å². The van der Waals surface area contributed by atoms with Crippen LogP contribution in [-0.2, 0) is 4.74 Å². The standard InChI is InChI=1S/C12H16N2O3/c1-3-17-11-8-14(12(15)13-11)9-6-4-5-7-10(9)16-2/h4-7,11H,3,8H2,1-2H3,(H,13,15). The molecule has 17 heavy (non-hydrogen) atoms. The van der Waals surface area contributed by atoms with Crippen LogP contribution in [0.5, 0.6) is 5.75 Å². The molecule has 1 saturated heterocycles. The predicted molar refractivity (Wildman–Crippen MR) is 64.3 cm³/mol. The van der Waals surface area contributed by atoms with Crippen molar-refractivity contribution in [1.29, 1.82) is 0 Å². The lowest BCUT2D eigenvalue weighted by atomic mass is 10.2. The van der Waals surface area contributed by atoms with Gasteiger partial charge in [0.25, 0.3) is 0 Å². The van der Waals surface area contributed by atoms with E-state index in [4.69, 9.17) is 9.47 Å². The summed E-state index contributed by atoms with van der Waals surface area (Å²) in [5.41, 5.74) is 0.759. The van der Waals surface area contributed by atoms with E-state index in [1.54, 1.807) is 12.0 Å². The van der Waals surface area contributed by atoms with Crippen molar-refractivity contribution in [2.75, 3.05) is 25.2 Å². The van der Waals surface area contributed by atoms with E-state index in [9.17, 15) is 4.79 Å². The number of carbonyl (C=O) groups excluding carboxylic acids is 1. The summed E-state index contributed by atoms with van der Waals surface area (Å²) in [5.74, 6) is 0.680. The zero-order valence-electron chi connectivity index (χ0n) is 9.97. The van der Waals surface area contributed by atoms with Crippen LogP contribution in [0.1, 0.15) is 6.92 Å². The van der Waals surface area contributed by atoms with Gasteiger partial charge in [0.2, 0.25) is 0 Å². The monoisotopic (exact) mass is 236 g/mol. The van der Waals surface area contributed by atoms with E-state index in [-0.39, 0.29) is 12.3 Å². The lowest BCUT2D eigenvalue weighted by molar-refractivity contribution is 0.0653. The summed E-state index contributed by atoms with van der Waals surface area (Å²) in [6.07, 6.45) is -0.252. The Morgan fingerprint density at radius 3 is 2.94 bits per heavy atom. The second-order valence-electron chi connectivity index (χ2n) is 3.68. The van der Waals surface area contributed by atoms with Crippen LogP contribution in [-0.4, -0.2) is 32.5 Å². The third-order valence-corrected chi connectivity index (χ3v) is 2.62. The summed E-state index contributed by atoms with van der Waals surface area (Å²) >= 11 is 0. The summed E-state index contributed by atoms with van der Waals surface area (Å²) in [4.78, 5) is 13.4. The number of ether oxygens (including phenoxy) is 2. The molecule has 1 unspecified atom stereocenters. The van der Waals surface area contributed by atoms with Gasteiger partial charge in [0.1, 0.15) is 12.0 Å². The molecule has 0 spiro atoms. The molecular weight excluding hydrogens is 220 g/mol. The maximum absolute atomic E-state index is 11.8. The number of nitrogens with one attached hydrogen (secondary N) is 1. The minimum Gasteiger partial charge on any atom is -0.495 e. The summed E-state index contributed by atoms with van der Waals surface area (Å²) < 4.78 is 10.6. The Balaban J connectivity index is 2.20. The van der Waals surface area contributed by atoms with E-state index in [2.05, 4.69) is 5.32 Å². The number of rotatable bonds is 4. The van der Waals surface area contributed by atoms with Gasteiger partial charge in [0.05, 0.1) is 19.3 Å². The molecule has 5 heteroatoms. The molecule has 0 aliphatic carbocycles. The van der Waals surface area contributed by atoms with Crippen molar-refractivity contribution >= 4 is 11.7 Å². The van der Waals surface area contributed by atoms with Crippen molar-refractivity contribution in [3.05, 3.63) is 24.3 Å². The van der Waals surface area contributed by atoms with Crippen molar-refractivity contribution in [2.24, 2.45) is 0 Å². The van der Waals surface area contributed by atoms with Crippen LogP contribution in [0.3, 0.4) is 0 Å². The number of amides is 2. The SMILES string of the molecule is CCOC1CN(c2ccccc2OC)C(=O)N1. The first-order valence-electron chi connectivity index (χ1n) is 5.59. The van der Waals surface area contributed by atoms with Crippen LogP contribution in [0.4, 0.5) is 10.5 Å². The normalized spacial score (nSPS) is 19.3. The van der Waals surface area contributed by atoms with E-state index in [0.29, 0.717) is 18.9 Å². The molecule has 0 radical (unpaired) electrons. The van der Waals surface area contributed by atoms with Gasteiger partial charge in [-0.2, -0.15) is 0 Å². The van der Waals surface area contributed by atoms with Crippen molar-refractivity contribution < 1.29 is 14.3 Å². The Morgan fingerprint density at radius 2 is 2.24 bits per heavy atom. The molecule has 1 atom stereocenters. The van der Waals surface area contributed by atoms with Gasteiger partial charge < -0.3 is 14.8 Å². The van der Waals surface area contributed by atoms with Gasteiger partial charge >= 0.3 is 6.03 Å². The van der Waals surface area contributed by atoms with Crippen LogP contribution in [0.15, 0.2) is 24.3 Å². The third kappa shape index (κ3) is 2.34. The van der Waals surface area contributed by atoms with Crippen LogP contribution >= 0.6 is 0 Å². The third-order valence-electron chi connectivity index (χ3n) is 2.62. The summed E-state index contributed by atoms with van der Waals surface area (Å²) in [6, 6.07) is 7.27. The second kappa shape index (κ2) is 5.05. The lowest BCUT2D eigenvalue weighted by Gasteiger charge is -2.17. The molecule has 0 bridgehead atoms. The molecule has 0 aromatic heterocycles. The highest BCUT2D eigenvalue weighted by molar-refractivity contribution is 5.95. The molecule has 5 nitrogen and oxygen atoms in total. The number of urea groups is 1. The number of hydrogen-bond acceptors (Lipinski definition) is 3. The van der Waals surface area contributed by atoms with E-state index in [1.807, 2.05) is 31.2 Å². The van der Waals surface area contributed by atoms with Gasteiger partial charge in [-0.15, -0.1) is 0 Å². The Morgan fingerprint density at radius 1 is 1.47 bits per heavy atom. The number of methoxy groups -OCH3 is 1. The first-order chi connectivity index (χ1) is 8.26. The molecular formula is C12H16N2O3. The molecule has 1 fully saturated rings. The zero-order chi connectivity index (χ0) is 12.3. The van der Waals surface area contributed by atoms with E-state index >= 15 is 0 Å². The number of carbonyl (C=O) groups is 1. The molecule has 92 valence electrons. The minimum atomic E-state index is -0.252. The Bertz CT molecular complexity index is 408. The molecule has 1 aromatic rings. The molecule has 0 saturated carbocycles. The van der Waals surface area contributed by atoms with E-state index in [1.165, 1.54) is 0 Å². The molecule has 1 aliphatic rings. The number of anilines is 1. The lowest BCUT2D eigenvalue weighted by Crippen LogP contribution is -2.29. The average Bonchev–Trinajstić information content (AvgIpc) is 2.70. The molecule has 1 N–H and O–H groups in total. The number of para-hydroxylation sites is 2. The minimum absolute atomic E-state index is 0.159. The van der Waals surface area contributed by atoms with Gasteiger partial charge in [-0.1, -0.05) is 12.1 Å². The van der Waals surface area contributed by atoms with Gasteiger partial charge in [0.15, 0.2) is 0 Å². The largest absolute Gasteiger partial charge is 0.495 e. The molecule has 1 aliphatic heterocycles. The average molecular weight is 236 g/mol. The van der Waals surface area contributed by atoms with Crippen molar-refractivity contribution in [3.8, 4) is 5.75 Å². The second-order valence-corrected chi connectivity index (χ2v) is 3.68. The highest BCUT2D eigenvalue weighted by Crippen LogP contribution is 2.29. The summed E-state index contributed by atoms with van der Waals surface area (Å²) in [6.45, 7) is 2.97. The quantitative estimate of drug-likeness (QED) is 0.863. The van der Waals surface area contributed by atoms with E-state index in [0.717, 1.165) is 5.69 Å². The van der Waals surface area contributed by atoms with Gasteiger partial charge in [-0.05, 0) is 19.1 Å². The maximum Gasteiger partial charge on any atom is 0.324 e. The molecule has 1 heterocycles. The van der Waals surface area contributed by atoms with Crippen molar-refractivity contribution in [1.82, 2.24) is 5.32 Å². The van der Waals surface area contributed by atoms with Crippen LogP contribution in [0.25, 0.3) is 0 Å². The first-order valence-corrected chi connectivity index (χ1v) is 5.59. The number of benzene rings is 1. The fraction of sp³-hybridized carbons (Fsp3) is 0.417. The van der Waals surface area contributed by atoms with Gasteiger partial charge in [-0.3, -0.25) is 4.90 Å². The zero-order valence-corrected chi connectivity index (χ0v) is 9.97. The fourth-order valence-electron chi connectivity index (χ4n) is 1.87. The van der Waals surface area contributed by atoms with Crippen LogP contribution in [0.2, 0.25) is 0 Å². The van der Waals surface area contributed by atoms with Crippen LogP contribution < -0.4 is 15.0 Å². The fourth-order valence-corrected chi connectivity index (χ4v) is 1.87. The molecule has 2 amide bonds.